The molecule has 34 heavy (non-hydrogen) atoms. The van der Waals surface area contributed by atoms with E-state index in [9.17, 15) is 14.4 Å². The highest BCUT2D eigenvalue weighted by Crippen LogP contribution is 2.26. The highest BCUT2D eigenvalue weighted by Gasteiger charge is 2.21. The molecule has 2 amide bonds. The molecule has 0 saturated heterocycles. The second-order valence-corrected chi connectivity index (χ2v) is 10.8. The highest BCUT2D eigenvalue weighted by molar-refractivity contribution is 9.10. The van der Waals surface area contributed by atoms with E-state index >= 15 is 0 Å². The number of thiazole rings is 1. The molecule has 8 nitrogen and oxygen atoms in total. The standard InChI is InChI=1S/C23H31BrN4O4S.ClH/c1-6-14(2)19(25)21(31)32-13-28-9-10-33-22(28)27-20(30)15-7-8-17(16(24)11-15)26-18(29)12-23(3,4)5;/h7-11,14,19H,6,12-13,25H2,1-5H3,(H,26,29);1H/t14-,19-;/m0./s1. The second-order valence-electron chi connectivity index (χ2n) is 9.06. The lowest BCUT2D eigenvalue weighted by Crippen LogP contribution is -2.38. The van der Waals surface area contributed by atoms with Crippen molar-refractivity contribution in [2.75, 3.05) is 5.32 Å². The number of aromatic nitrogens is 1. The molecule has 1 heterocycles. The molecule has 0 bridgehead atoms. The first-order chi connectivity index (χ1) is 15.4. The van der Waals surface area contributed by atoms with Gasteiger partial charge in [0.2, 0.25) is 5.91 Å². The minimum atomic E-state index is -0.698. The molecule has 0 aliphatic heterocycles. The summed E-state index contributed by atoms with van der Waals surface area (Å²) in [6, 6.07) is 4.18. The van der Waals surface area contributed by atoms with Gasteiger partial charge in [-0.25, -0.2) is 0 Å². The smallest absolute Gasteiger partial charge is 0.324 e. The number of carbonyl (C=O) groups excluding carboxylic acids is 3. The Bertz CT molecular complexity index is 1080. The van der Waals surface area contributed by atoms with Gasteiger partial charge in [-0.05, 0) is 45.5 Å². The van der Waals surface area contributed by atoms with Crippen molar-refractivity contribution in [1.29, 1.82) is 0 Å². The number of nitrogens with zero attached hydrogens (tertiary/aromatic N) is 2. The number of halogens is 2. The molecular formula is C23H32BrClN4O4S. The van der Waals surface area contributed by atoms with Crippen LogP contribution < -0.4 is 15.9 Å². The lowest BCUT2D eigenvalue weighted by molar-refractivity contribution is -0.150. The van der Waals surface area contributed by atoms with Crippen LogP contribution in [0.3, 0.4) is 0 Å². The van der Waals surface area contributed by atoms with Crippen LogP contribution in [0.2, 0.25) is 0 Å². The maximum atomic E-state index is 12.7. The van der Waals surface area contributed by atoms with Gasteiger partial charge in [0.15, 0.2) is 11.5 Å². The normalized spacial score (nSPS) is 13.6. The van der Waals surface area contributed by atoms with E-state index in [1.807, 2.05) is 34.6 Å². The van der Waals surface area contributed by atoms with Gasteiger partial charge in [-0.2, -0.15) is 4.99 Å². The summed E-state index contributed by atoms with van der Waals surface area (Å²) in [4.78, 5) is 41.6. The number of hydrogen-bond acceptors (Lipinski definition) is 6. The summed E-state index contributed by atoms with van der Waals surface area (Å²) < 4.78 is 7.44. The topological polar surface area (TPSA) is 116 Å². The molecule has 0 fully saturated rings. The molecule has 0 spiro atoms. The summed E-state index contributed by atoms with van der Waals surface area (Å²) in [5.41, 5.74) is 6.71. The molecule has 11 heteroatoms. The van der Waals surface area contributed by atoms with Crippen LogP contribution in [0.4, 0.5) is 5.69 Å². The largest absolute Gasteiger partial charge is 0.443 e. The monoisotopic (exact) mass is 574 g/mol. The third-order valence-electron chi connectivity index (χ3n) is 4.91. The van der Waals surface area contributed by atoms with Gasteiger partial charge in [0.1, 0.15) is 6.04 Å². The average Bonchev–Trinajstić information content (AvgIpc) is 3.17. The Balaban J connectivity index is 0.00000578. The number of carbonyl (C=O) groups is 3. The third-order valence-corrected chi connectivity index (χ3v) is 6.36. The fraction of sp³-hybridized carbons (Fsp3) is 0.478. The zero-order valence-electron chi connectivity index (χ0n) is 20.0. The number of nitrogens with one attached hydrogen (secondary N) is 1. The van der Waals surface area contributed by atoms with E-state index in [0.717, 1.165) is 6.42 Å². The Morgan fingerprint density at radius 3 is 2.56 bits per heavy atom. The van der Waals surface area contributed by atoms with E-state index in [0.29, 0.717) is 26.9 Å². The number of ether oxygens (including phenoxy) is 1. The number of benzene rings is 1. The van der Waals surface area contributed by atoms with Gasteiger partial charge in [-0.1, -0.05) is 41.0 Å². The van der Waals surface area contributed by atoms with Gasteiger partial charge in [-0.15, -0.1) is 23.7 Å². The minimum absolute atomic E-state index is 0. The molecule has 0 unspecified atom stereocenters. The molecule has 2 aromatic rings. The maximum absolute atomic E-state index is 12.7. The number of hydrogen-bond donors (Lipinski definition) is 2. The number of nitrogens with two attached hydrogens (primary N) is 1. The predicted molar refractivity (Wildman–Crippen MR) is 140 cm³/mol. The Kier molecular flexibility index (Phi) is 11.6. The zero-order valence-corrected chi connectivity index (χ0v) is 23.2. The Labute approximate surface area is 218 Å². The fourth-order valence-electron chi connectivity index (χ4n) is 2.78. The number of anilines is 1. The molecule has 0 radical (unpaired) electrons. The van der Waals surface area contributed by atoms with Gasteiger partial charge < -0.3 is 15.8 Å². The van der Waals surface area contributed by atoms with Crippen molar-refractivity contribution in [2.45, 2.75) is 60.2 Å². The SMILES string of the molecule is CC[C@H](C)[C@H](N)C(=O)OCn1ccsc1=NC(=O)c1ccc(NC(=O)CC(C)(C)C)c(Br)c1.Cl. The molecule has 188 valence electrons. The average molecular weight is 576 g/mol. The maximum Gasteiger partial charge on any atom is 0.324 e. The van der Waals surface area contributed by atoms with Crippen molar-refractivity contribution in [3.63, 3.8) is 0 Å². The molecule has 2 rings (SSSR count). The lowest BCUT2D eigenvalue weighted by Gasteiger charge is -2.17. The Hall–Kier alpha value is -2.01. The van der Waals surface area contributed by atoms with Crippen LogP contribution >= 0.6 is 39.7 Å². The van der Waals surface area contributed by atoms with Gasteiger partial charge >= 0.3 is 5.97 Å². The van der Waals surface area contributed by atoms with Crippen LogP contribution in [-0.4, -0.2) is 28.4 Å². The van der Waals surface area contributed by atoms with Crippen molar-refractivity contribution in [3.8, 4) is 0 Å². The second kappa shape index (κ2) is 13.2. The summed E-state index contributed by atoms with van der Waals surface area (Å²) in [5.74, 6) is -1.04. The van der Waals surface area contributed by atoms with Crippen molar-refractivity contribution >= 4 is 63.1 Å². The molecule has 1 aromatic carbocycles. The molecule has 3 N–H and O–H groups in total. The highest BCUT2D eigenvalue weighted by atomic mass is 79.9. The van der Waals surface area contributed by atoms with E-state index in [2.05, 4.69) is 26.2 Å². The van der Waals surface area contributed by atoms with E-state index in [1.54, 1.807) is 34.3 Å². The summed E-state index contributed by atoms with van der Waals surface area (Å²) >= 11 is 4.66. The molecule has 1 aromatic heterocycles. The first-order valence-electron chi connectivity index (χ1n) is 10.7. The van der Waals surface area contributed by atoms with Crippen LogP contribution in [0.1, 0.15) is 57.8 Å². The molecule has 0 aliphatic rings. The van der Waals surface area contributed by atoms with Crippen molar-refractivity contribution in [2.24, 2.45) is 22.1 Å². The molecule has 2 atom stereocenters. The van der Waals surface area contributed by atoms with Crippen molar-refractivity contribution < 1.29 is 19.1 Å². The number of amides is 2. The molecule has 0 saturated carbocycles. The lowest BCUT2D eigenvalue weighted by atomic mass is 9.92. The predicted octanol–water partition coefficient (Wildman–Crippen LogP) is 4.72. The van der Waals surface area contributed by atoms with E-state index in [1.165, 1.54) is 11.3 Å². The zero-order chi connectivity index (χ0) is 24.8. The van der Waals surface area contributed by atoms with Gasteiger partial charge in [0.25, 0.3) is 5.91 Å². The van der Waals surface area contributed by atoms with Crippen LogP contribution in [0, 0.1) is 11.3 Å². The fourth-order valence-corrected chi connectivity index (χ4v) is 3.97. The van der Waals surface area contributed by atoms with Crippen LogP contribution in [-0.2, 0) is 21.1 Å². The summed E-state index contributed by atoms with van der Waals surface area (Å²) in [5, 5.41) is 4.60. The third kappa shape index (κ3) is 8.98. The first kappa shape index (κ1) is 30.0. The number of rotatable bonds is 8. The molecular weight excluding hydrogens is 544 g/mol. The Morgan fingerprint density at radius 1 is 1.29 bits per heavy atom. The molecule has 0 aliphatic carbocycles. The summed E-state index contributed by atoms with van der Waals surface area (Å²) in [6.07, 6.45) is 2.83. The van der Waals surface area contributed by atoms with Gasteiger partial charge in [0, 0.05) is 28.0 Å². The van der Waals surface area contributed by atoms with Crippen LogP contribution in [0.5, 0.6) is 0 Å². The van der Waals surface area contributed by atoms with Gasteiger partial charge in [-0.3, -0.25) is 19.0 Å². The minimum Gasteiger partial charge on any atom is -0.443 e. The summed E-state index contributed by atoms with van der Waals surface area (Å²) in [6.45, 7) is 9.73. The van der Waals surface area contributed by atoms with Crippen molar-refractivity contribution in [3.05, 3.63) is 44.6 Å². The van der Waals surface area contributed by atoms with E-state index in [4.69, 9.17) is 10.5 Å². The first-order valence-corrected chi connectivity index (χ1v) is 12.3. The van der Waals surface area contributed by atoms with Gasteiger partial charge in [0.05, 0.1) is 5.69 Å². The van der Waals surface area contributed by atoms with E-state index in [-0.39, 0.29) is 36.4 Å². The number of esters is 1. The Morgan fingerprint density at radius 2 is 1.97 bits per heavy atom. The van der Waals surface area contributed by atoms with Crippen LogP contribution in [0.25, 0.3) is 0 Å². The van der Waals surface area contributed by atoms with E-state index < -0.39 is 17.9 Å². The quantitative estimate of drug-likeness (QED) is 0.442. The summed E-state index contributed by atoms with van der Waals surface area (Å²) in [7, 11) is 0. The van der Waals surface area contributed by atoms with Crippen molar-refractivity contribution in [1.82, 2.24) is 4.57 Å². The van der Waals surface area contributed by atoms with Crippen LogP contribution in [0.15, 0.2) is 39.2 Å².